The first kappa shape index (κ1) is 13.0. The van der Waals surface area contributed by atoms with Crippen molar-refractivity contribution in [3.63, 3.8) is 0 Å². The van der Waals surface area contributed by atoms with E-state index in [2.05, 4.69) is 20.8 Å². The monoisotopic (exact) mass is 214 g/mol. The molecule has 0 amide bonds. The number of rotatable bonds is 4. The minimum Gasteiger partial charge on any atom is -0.387 e. The number of ether oxygens (including phenoxy) is 1. The molecule has 0 spiro atoms. The Morgan fingerprint density at radius 1 is 1.07 bits per heavy atom. The molecule has 2 nitrogen and oxygen atoms in total. The molecule has 90 valence electrons. The Balaban J connectivity index is 2.60. The van der Waals surface area contributed by atoms with Crippen molar-refractivity contribution >= 4 is 0 Å². The largest absolute Gasteiger partial charge is 0.387 e. The van der Waals surface area contributed by atoms with Crippen molar-refractivity contribution in [3.05, 3.63) is 0 Å². The lowest BCUT2D eigenvalue weighted by Gasteiger charge is -2.33. The summed E-state index contributed by atoms with van der Waals surface area (Å²) < 4.78 is 6.02. The minimum absolute atomic E-state index is 0.0262. The zero-order chi connectivity index (χ0) is 11.7. The van der Waals surface area contributed by atoms with Gasteiger partial charge in [-0.1, -0.05) is 27.7 Å². The molecule has 0 aromatic carbocycles. The van der Waals surface area contributed by atoms with Crippen LogP contribution in [0.2, 0.25) is 0 Å². The van der Waals surface area contributed by atoms with Crippen molar-refractivity contribution in [1.82, 2.24) is 0 Å². The van der Waals surface area contributed by atoms with E-state index in [0.717, 1.165) is 25.7 Å². The second kappa shape index (κ2) is 4.42. The normalized spacial score (nSPS) is 31.6. The van der Waals surface area contributed by atoms with Gasteiger partial charge in [-0.25, -0.2) is 0 Å². The Labute approximate surface area is 94.0 Å². The maximum atomic E-state index is 10.2. The van der Waals surface area contributed by atoms with E-state index in [1.807, 2.05) is 13.8 Å². The summed E-state index contributed by atoms with van der Waals surface area (Å²) in [7, 11) is 0. The van der Waals surface area contributed by atoms with Crippen molar-refractivity contribution in [2.24, 2.45) is 5.41 Å². The molecule has 2 heteroatoms. The zero-order valence-electron chi connectivity index (χ0n) is 10.8. The summed E-state index contributed by atoms with van der Waals surface area (Å²) in [6.07, 6.45) is 4.30. The van der Waals surface area contributed by atoms with Gasteiger partial charge >= 0.3 is 0 Å². The highest BCUT2D eigenvalue weighted by atomic mass is 16.5. The summed E-state index contributed by atoms with van der Waals surface area (Å²) in [5.41, 5.74) is -0.420. The summed E-state index contributed by atoms with van der Waals surface area (Å²) in [6, 6.07) is 0. The van der Waals surface area contributed by atoms with Crippen molar-refractivity contribution in [1.29, 1.82) is 0 Å². The fraction of sp³-hybridized carbons (Fsp3) is 1.00. The highest BCUT2D eigenvalue weighted by Crippen LogP contribution is 2.39. The van der Waals surface area contributed by atoms with E-state index >= 15 is 0 Å². The van der Waals surface area contributed by atoms with Gasteiger partial charge in [0.1, 0.15) is 0 Å². The van der Waals surface area contributed by atoms with Crippen LogP contribution in [0.4, 0.5) is 0 Å². The van der Waals surface area contributed by atoms with Gasteiger partial charge in [0, 0.05) is 0 Å². The van der Waals surface area contributed by atoms with Crippen LogP contribution in [0.15, 0.2) is 0 Å². The molecule has 0 bridgehead atoms. The van der Waals surface area contributed by atoms with Crippen molar-refractivity contribution in [3.8, 4) is 0 Å². The number of aliphatic hydroxyl groups is 1. The molecular weight excluding hydrogens is 188 g/mol. The fourth-order valence-corrected chi connectivity index (χ4v) is 2.12. The van der Waals surface area contributed by atoms with Crippen LogP contribution < -0.4 is 0 Å². The van der Waals surface area contributed by atoms with Crippen LogP contribution in [0.5, 0.6) is 0 Å². The van der Waals surface area contributed by atoms with Gasteiger partial charge in [0.15, 0.2) is 0 Å². The van der Waals surface area contributed by atoms with Crippen LogP contribution in [0, 0.1) is 5.41 Å². The first-order chi connectivity index (χ1) is 6.83. The van der Waals surface area contributed by atoms with E-state index in [-0.39, 0.29) is 11.5 Å². The van der Waals surface area contributed by atoms with Crippen LogP contribution in [0.1, 0.15) is 60.3 Å². The topological polar surface area (TPSA) is 29.5 Å². The predicted molar refractivity (Wildman–Crippen MR) is 62.9 cm³/mol. The predicted octanol–water partition coefficient (Wildman–Crippen LogP) is 3.13. The van der Waals surface area contributed by atoms with E-state index in [1.54, 1.807) is 0 Å². The lowest BCUT2D eigenvalue weighted by atomic mass is 9.82. The summed E-state index contributed by atoms with van der Waals surface area (Å²) in [5, 5.41) is 10.2. The van der Waals surface area contributed by atoms with Crippen LogP contribution in [-0.2, 0) is 4.74 Å². The summed E-state index contributed by atoms with van der Waals surface area (Å²) in [4.78, 5) is 0. The molecule has 1 N–H and O–H groups in total. The van der Waals surface area contributed by atoms with Crippen molar-refractivity contribution in [2.45, 2.75) is 78.1 Å². The standard InChI is InChI=1S/C13H26O2/c1-6-12(3,4)10-8-9-11(15-10)13(5,14)7-2/h10-11,14H,6-9H2,1-5H3. The highest BCUT2D eigenvalue weighted by molar-refractivity contribution is 4.91. The number of hydrogen-bond donors (Lipinski definition) is 1. The molecule has 3 atom stereocenters. The molecule has 0 aromatic heterocycles. The summed E-state index contributed by atoms with van der Waals surface area (Å²) >= 11 is 0. The molecule has 15 heavy (non-hydrogen) atoms. The SMILES string of the molecule is CCC(C)(C)C1CCC(C(C)(O)CC)O1. The maximum absolute atomic E-state index is 10.2. The Morgan fingerprint density at radius 2 is 1.60 bits per heavy atom. The Bertz CT molecular complexity index is 187. The van der Waals surface area contributed by atoms with Crippen molar-refractivity contribution in [2.75, 3.05) is 0 Å². The first-order valence-electron chi connectivity index (χ1n) is 6.21. The molecule has 0 aromatic rings. The molecule has 1 aliphatic rings. The van der Waals surface area contributed by atoms with Crippen LogP contribution in [0.25, 0.3) is 0 Å². The van der Waals surface area contributed by atoms with Gasteiger partial charge in [0.2, 0.25) is 0 Å². The third kappa shape index (κ3) is 2.73. The molecule has 3 unspecified atom stereocenters. The molecule has 1 aliphatic heterocycles. The molecule has 0 radical (unpaired) electrons. The zero-order valence-corrected chi connectivity index (χ0v) is 10.8. The Kier molecular flexibility index (Phi) is 3.83. The van der Waals surface area contributed by atoms with Gasteiger partial charge in [0.25, 0.3) is 0 Å². The lowest BCUT2D eigenvalue weighted by molar-refractivity contribution is -0.117. The maximum Gasteiger partial charge on any atom is 0.0877 e. The van der Waals surface area contributed by atoms with E-state index < -0.39 is 5.60 Å². The molecule has 0 saturated carbocycles. The smallest absolute Gasteiger partial charge is 0.0877 e. The van der Waals surface area contributed by atoms with Gasteiger partial charge in [0.05, 0.1) is 17.8 Å². The van der Waals surface area contributed by atoms with Gasteiger partial charge in [-0.3, -0.25) is 0 Å². The van der Waals surface area contributed by atoms with Gasteiger partial charge in [-0.2, -0.15) is 0 Å². The van der Waals surface area contributed by atoms with Crippen molar-refractivity contribution < 1.29 is 9.84 Å². The van der Waals surface area contributed by atoms with Crippen LogP contribution in [-0.4, -0.2) is 22.9 Å². The quantitative estimate of drug-likeness (QED) is 0.779. The third-order valence-electron chi connectivity index (χ3n) is 4.21. The van der Waals surface area contributed by atoms with Crippen LogP contribution >= 0.6 is 0 Å². The van der Waals surface area contributed by atoms with E-state index in [9.17, 15) is 5.11 Å². The second-order valence-electron chi connectivity index (χ2n) is 5.74. The fourth-order valence-electron chi connectivity index (χ4n) is 2.12. The molecular formula is C13H26O2. The molecule has 1 saturated heterocycles. The average Bonchev–Trinajstić information content (AvgIpc) is 2.67. The lowest BCUT2D eigenvalue weighted by Crippen LogP contribution is -2.40. The van der Waals surface area contributed by atoms with Gasteiger partial charge in [-0.05, 0) is 38.0 Å². The second-order valence-corrected chi connectivity index (χ2v) is 5.74. The summed E-state index contributed by atoms with van der Waals surface area (Å²) in [5.74, 6) is 0. The van der Waals surface area contributed by atoms with Gasteiger partial charge < -0.3 is 9.84 Å². The van der Waals surface area contributed by atoms with E-state index in [4.69, 9.17) is 4.74 Å². The van der Waals surface area contributed by atoms with E-state index in [1.165, 1.54) is 0 Å². The van der Waals surface area contributed by atoms with Crippen LogP contribution in [0.3, 0.4) is 0 Å². The Hall–Kier alpha value is -0.0800. The molecule has 1 rings (SSSR count). The van der Waals surface area contributed by atoms with E-state index in [0.29, 0.717) is 6.10 Å². The third-order valence-corrected chi connectivity index (χ3v) is 4.21. The average molecular weight is 214 g/mol. The van der Waals surface area contributed by atoms with Gasteiger partial charge in [-0.15, -0.1) is 0 Å². The molecule has 1 heterocycles. The first-order valence-corrected chi connectivity index (χ1v) is 6.21. The molecule has 1 fully saturated rings. The Morgan fingerprint density at radius 3 is 2.07 bits per heavy atom. The number of hydrogen-bond acceptors (Lipinski definition) is 2. The minimum atomic E-state index is -0.654. The molecule has 0 aliphatic carbocycles. The highest BCUT2D eigenvalue weighted by Gasteiger charge is 2.42. The summed E-state index contributed by atoms with van der Waals surface area (Å²) in [6.45, 7) is 10.6.